The number of nitrogens with two attached hydrogens (primary N) is 1. The highest BCUT2D eigenvalue weighted by Gasteiger charge is 2.20. The molecule has 1 aromatic carbocycles. The maximum atomic E-state index is 6.11. The molecule has 21 heavy (non-hydrogen) atoms. The Morgan fingerprint density at radius 1 is 1.52 bits per heavy atom. The fourth-order valence-corrected chi connectivity index (χ4v) is 3.95. The lowest BCUT2D eigenvalue weighted by atomic mass is 10.0. The largest absolute Gasteiger partial charge is 0.271 e. The zero-order valence-corrected chi connectivity index (χ0v) is 16.3. The predicted octanol–water partition coefficient (Wildman–Crippen LogP) is 3.75. The lowest BCUT2D eigenvalue weighted by Crippen LogP contribution is -2.30. The minimum atomic E-state index is -0.0213. The van der Waals surface area contributed by atoms with Gasteiger partial charge in [0.05, 0.1) is 21.9 Å². The van der Waals surface area contributed by atoms with Crippen LogP contribution in [0.25, 0.3) is 0 Å². The van der Waals surface area contributed by atoms with E-state index in [1.165, 1.54) is 0 Å². The standard InChI is InChI=1S/C14H17BrClIN4/c1-3-11-14(15)13(21(2)20-11)7-12(19-18)9-6-8(16)4-5-10(9)17/h4-6,12,19H,3,7,18H2,1-2H3. The van der Waals surface area contributed by atoms with E-state index in [4.69, 9.17) is 17.4 Å². The van der Waals surface area contributed by atoms with Crippen LogP contribution in [0.3, 0.4) is 0 Å². The van der Waals surface area contributed by atoms with Gasteiger partial charge in [-0.1, -0.05) is 18.5 Å². The molecule has 2 rings (SSSR count). The van der Waals surface area contributed by atoms with Gasteiger partial charge in [0.25, 0.3) is 0 Å². The zero-order chi connectivity index (χ0) is 15.6. The van der Waals surface area contributed by atoms with Crippen LogP contribution in [0.15, 0.2) is 22.7 Å². The number of hydrogen-bond acceptors (Lipinski definition) is 3. The monoisotopic (exact) mass is 482 g/mol. The number of halogens is 3. The predicted molar refractivity (Wildman–Crippen MR) is 98.2 cm³/mol. The number of nitrogens with zero attached hydrogens (tertiary/aromatic N) is 2. The van der Waals surface area contributed by atoms with Crippen molar-refractivity contribution in [3.05, 3.63) is 48.2 Å². The molecule has 0 fully saturated rings. The third-order valence-corrected chi connectivity index (χ3v) is 5.57. The smallest absolute Gasteiger partial charge is 0.0766 e. The van der Waals surface area contributed by atoms with Crippen molar-refractivity contribution in [3.8, 4) is 0 Å². The molecule has 0 radical (unpaired) electrons. The fraction of sp³-hybridized carbons (Fsp3) is 0.357. The maximum absolute atomic E-state index is 6.11. The van der Waals surface area contributed by atoms with Crippen LogP contribution in [0, 0.1) is 3.57 Å². The quantitative estimate of drug-likeness (QED) is 0.387. The van der Waals surface area contributed by atoms with Crippen LogP contribution in [-0.4, -0.2) is 9.78 Å². The number of benzene rings is 1. The van der Waals surface area contributed by atoms with E-state index in [-0.39, 0.29) is 6.04 Å². The molecule has 0 bridgehead atoms. The molecule has 0 spiro atoms. The second-order valence-electron chi connectivity index (χ2n) is 4.77. The Morgan fingerprint density at radius 2 is 2.24 bits per heavy atom. The third-order valence-electron chi connectivity index (χ3n) is 3.44. The summed E-state index contributed by atoms with van der Waals surface area (Å²) in [6.07, 6.45) is 1.63. The number of nitrogens with one attached hydrogen (secondary N) is 1. The molecule has 1 heterocycles. The number of aryl methyl sites for hydroxylation is 2. The molecule has 0 aliphatic heterocycles. The first-order chi connectivity index (χ1) is 9.97. The van der Waals surface area contributed by atoms with Gasteiger partial charge < -0.3 is 0 Å². The molecular formula is C14H17BrClIN4. The Kier molecular flexibility index (Phi) is 6.07. The van der Waals surface area contributed by atoms with E-state index in [2.05, 4.69) is 56.0 Å². The summed E-state index contributed by atoms with van der Waals surface area (Å²) in [5.41, 5.74) is 6.16. The Morgan fingerprint density at radius 3 is 2.81 bits per heavy atom. The van der Waals surface area contributed by atoms with Crippen molar-refractivity contribution < 1.29 is 0 Å². The van der Waals surface area contributed by atoms with Crippen molar-refractivity contribution >= 4 is 50.1 Å². The molecule has 0 amide bonds. The molecule has 1 atom stereocenters. The topological polar surface area (TPSA) is 55.9 Å². The molecular weight excluding hydrogens is 466 g/mol. The summed E-state index contributed by atoms with van der Waals surface area (Å²) < 4.78 is 4.10. The van der Waals surface area contributed by atoms with E-state index >= 15 is 0 Å². The number of hydrazine groups is 1. The zero-order valence-electron chi connectivity index (χ0n) is 11.8. The molecule has 0 saturated heterocycles. The Balaban J connectivity index is 2.36. The van der Waals surface area contributed by atoms with Gasteiger partial charge in [-0.25, -0.2) is 0 Å². The van der Waals surface area contributed by atoms with Crippen LogP contribution < -0.4 is 11.3 Å². The minimum absolute atomic E-state index is 0.0213. The molecule has 2 aromatic rings. The van der Waals surface area contributed by atoms with E-state index < -0.39 is 0 Å². The average molecular weight is 484 g/mol. The second-order valence-corrected chi connectivity index (χ2v) is 7.17. The lowest BCUT2D eigenvalue weighted by molar-refractivity contribution is 0.527. The van der Waals surface area contributed by atoms with Gasteiger partial charge in [-0.2, -0.15) is 5.10 Å². The lowest BCUT2D eigenvalue weighted by Gasteiger charge is -2.18. The van der Waals surface area contributed by atoms with Gasteiger partial charge in [0.1, 0.15) is 0 Å². The van der Waals surface area contributed by atoms with Crippen molar-refractivity contribution in [1.82, 2.24) is 15.2 Å². The van der Waals surface area contributed by atoms with Crippen molar-refractivity contribution in [3.63, 3.8) is 0 Å². The van der Waals surface area contributed by atoms with Gasteiger partial charge >= 0.3 is 0 Å². The molecule has 0 saturated carbocycles. The number of aromatic nitrogens is 2. The van der Waals surface area contributed by atoms with E-state index in [0.717, 1.165) is 37.8 Å². The van der Waals surface area contributed by atoms with Gasteiger partial charge in [-0.15, -0.1) is 0 Å². The molecule has 0 aliphatic rings. The van der Waals surface area contributed by atoms with E-state index in [1.807, 2.05) is 29.9 Å². The van der Waals surface area contributed by atoms with Crippen molar-refractivity contribution in [2.75, 3.05) is 0 Å². The number of hydrogen-bond donors (Lipinski definition) is 2. The molecule has 0 aliphatic carbocycles. The van der Waals surface area contributed by atoms with Gasteiger partial charge in [0.15, 0.2) is 0 Å². The summed E-state index contributed by atoms with van der Waals surface area (Å²) in [5.74, 6) is 5.77. The van der Waals surface area contributed by atoms with Gasteiger partial charge in [0.2, 0.25) is 0 Å². The van der Waals surface area contributed by atoms with Crippen molar-refractivity contribution in [2.45, 2.75) is 25.8 Å². The summed E-state index contributed by atoms with van der Waals surface area (Å²) in [4.78, 5) is 0. The van der Waals surface area contributed by atoms with Crippen LogP contribution in [-0.2, 0) is 19.9 Å². The SMILES string of the molecule is CCc1nn(C)c(CC(NN)c2cc(Cl)ccc2I)c1Br. The first-order valence-corrected chi connectivity index (χ1v) is 8.84. The Hall–Kier alpha value is -0.150. The van der Waals surface area contributed by atoms with Crippen LogP contribution in [0.5, 0.6) is 0 Å². The maximum Gasteiger partial charge on any atom is 0.0766 e. The summed E-state index contributed by atoms with van der Waals surface area (Å²) in [5, 5.41) is 5.23. The third kappa shape index (κ3) is 3.79. The highest BCUT2D eigenvalue weighted by atomic mass is 127. The highest BCUT2D eigenvalue weighted by Crippen LogP contribution is 2.29. The van der Waals surface area contributed by atoms with Gasteiger partial charge in [-0.05, 0) is 68.7 Å². The highest BCUT2D eigenvalue weighted by molar-refractivity contribution is 14.1. The van der Waals surface area contributed by atoms with E-state index in [0.29, 0.717) is 5.02 Å². The fourth-order valence-electron chi connectivity index (χ4n) is 2.28. The van der Waals surface area contributed by atoms with Gasteiger partial charge in [-0.3, -0.25) is 16.0 Å². The molecule has 3 N–H and O–H groups in total. The average Bonchev–Trinajstić information content (AvgIpc) is 2.74. The molecule has 1 aromatic heterocycles. The Bertz CT molecular complexity index is 644. The van der Waals surface area contributed by atoms with E-state index in [1.54, 1.807) is 0 Å². The summed E-state index contributed by atoms with van der Waals surface area (Å²) in [6.45, 7) is 2.09. The van der Waals surface area contributed by atoms with Crippen molar-refractivity contribution in [2.24, 2.45) is 12.9 Å². The molecule has 7 heteroatoms. The van der Waals surface area contributed by atoms with Crippen LogP contribution in [0.4, 0.5) is 0 Å². The Labute approximate surface area is 151 Å². The second kappa shape index (κ2) is 7.41. The molecule has 4 nitrogen and oxygen atoms in total. The van der Waals surface area contributed by atoms with Crippen LogP contribution in [0.1, 0.15) is 29.9 Å². The summed E-state index contributed by atoms with van der Waals surface area (Å²) in [7, 11) is 1.95. The van der Waals surface area contributed by atoms with Crippen molar-refractivity contribution in [1.29, 1.82) is 0 Å². The van der Waals surface area contributed by atoms with Crippen LogP contribution >= 0.6 is 50.1 Å². The summed E-state index contributed by atoms with van der Waals surface area (Å²) in [6, 6.07) is 5.82. The minimum Gasteiger partial charge on any atom is -0.271 e. The summed E-state index contributed by atoms with van der Waals surface area (Å²) >= 11 is 12.1. The molecule has 114 valence electrons. The molecule has 1 unspecified atom stereocenters. The first kappa shape index (κ1) is 17.2. The number of rotatable bonds is 5. The first-order valence-electron chi connectivity index (χ1n) is 6.59. The normalized spacial score (nSPS) is 12.7. The van der Waals surface area contributed by atoms with Gasteiger partial charge in [0, 0.05) is 22.1 Å². The van der Waals surface area contributed by atoms with E-state index in [9.17, 15) is 0 Å². The van der Waals surface area contributed by atoms with Crippen LogP contribution in [0.2, 0.25) is 5.02 Å².